The zero-order chi connectivity index (χ0) is 33.0. The second-order valence-corrected chi connectivity index (χ2v) is 11.5. The van der Waals surface area contributed by atoms with Gasteiger partial charge in [0.1, 0.15) is 23.9 Å². The van der Waals surface area contributed by atoms with Gasteiger partial charge in [0.2, 0.25) is 11.8 Å². The Morgan fingerprint density at radius 3 is 2.16 bits per heavy atom. The molecule has 0 radical (unpaired) electrons. The first kappa shape index (κ1) is 36.2. The van der Waals surface area contributed by atoms with Gasteiger partial charge in [-0.25, -0.2) is 4.79 Å². The Morgan fingerprint density at radius 1 is 1.02 bits per heavy atom. The van der Waals surface area contributed by atoms with E-state index in [-0.39, 0.29) is 37.5 Å². The van der Waals surface area contributed by atoms with Crippen LogP contribution < -0.4 is 22.1 Å². The number of nitrogens with one attached hydrogen (secondary N) is 2. The van der Waals surface area contributed by atoms with Crippen LogP contribution in [-0.4, -0.2) is 82.2 Å². The van der Waals surface area contributed by atoms with Crippen LogP contribution in [0.1, 0.15) is 64.4 Å². The number of halogens is 3. The molecule has 0 heterocycles. The molecular formula is C29H43F3N6O6. The molecule has 0 saturated heterocycles. The summed E-state index contributed by atoms with van der Waals surface area (Å²) >= 11 is 0. The van der Waals surface area contributed by atoms with Crippen LogP contribution in [0.5, 0.6) is 5.75 Å². The monoisotopic (exact) mass is 628 g/mol. The van der Waals surface area contributed by atoms with Crippen LogP contribution in [0.25, 0.3) is 0 Å². The van der Waals surface area contributed by atoms with Gasteiger partial charge < -0.3 is 37.2 Å². The first-order chi connectivity index (χ1) is 20.6. The maximum absolute atomic E-state index is 13.9. The van der Waals surface area contributed by atoms with E-state index >= 15 is 0 Å². The predicted octanol–water partition coefficient (Wildman–Crippen LogP) is 2.04. The number of aromatic hydroxyl groups is 1. The zero-order valence-electron chi connectivity index (χ0n) is 25.0. The highest BCUT2D eigenvalue weighted by molar-refractivity contribution is 5.94. The highest BCUT2D eigenvalue weighted by Gasteiger charge is 2.47. The van der Waals surface area contributed by atoms with Gasteiger partial charge in [0.05, 0.1) is 0 Å². The molecule has 44 heavy (non-hydrogen) atoms. The van der Waals surface area contributed by atoms with Crippen molar-refractivity contribution in [2.24, 2.45) is 28.3 Å². The Morgan fingerprint density at radius 2 is 1.64 bits per heavy atom. The van der Waals surface area contributed by atoms with Gasteiger partial charge in [0.25, 0.3) is 0 Å². The number of amides is 3. The molecule has 12 nitrogen and oxygen atoms in total. The molecule has 1 fully saturated rings. The molecule has 8 N–H and O–H groups in total. The van der Waals surface area contributed by atoms with Gasteiger partial charge in [0, 0.05) is 19.5 Å². The van der Waals surface area contributed by atoms with Crippen LogP contribution in [0.15, 0.2) is 29.3 Å². The minimum Gasteiger partial charge on any atom is -0.508 e. The van der Waals surface area contributed by atoms with Gasteiger partial charge >= 0.3 is 18.1 Å². The number of alkyl halides is 3. The third-order valence-corrected chi connectivity index (χ3v) is 7.37. The normalized spacial score (nSPS) is 16.0. The first-order valence-electron chi connectivity index (χ1n) is 14.6. The van der Waals surface area contributed by atoms with E-state index < -0.39 is 66.4 Å². The summed E-state index contributed by atoms with van der Waals surface area (Å²) in [6, 6.07) is 1.20. The molecule has 15 heteroatoms. The number of aliphatic imine (C=N–C) groups is 1. The highest BCUT2D eigenvalue weighted by Crippen LogP contribution is 2.28. The average molecular weight is 629 g/mol. The van der Waals surface area contributed by atoms with Gasteiger partial charge in [-0.2, -0.15) is 13.2 Å². The van der Waals surface area contributed by atoms with Crippen molar-refractivity contribution in [3.8, 4) is 5.75 Å². The molecule has 1 aromatic rings. The molecule has 3 atom stereocenters. The number of guanidine groups is 1. The van der Waals surface area contributed by atoms with Crippen LogP contribution in [0.2, 0.25) is 0 Å². The van der Waals surface area contributed by atoms with E-state index in [4.69, 9.17) is 11.5 Å². The fourth-order valence-corrected chi connectivity index (χ4v) is 5.24. The second kappa shape index (κ2) is 16.7. The largest absolute Gasteiger partial charge is 0.508 e. The quantitative estimate of drug-likeness (QED) is 0.0962. The number of benzene rings is 1. The van der Waals surface area contributed by atoms with Crippen LogP contribution in [-0.2, 0) is 25.6 Å². The van der Waals surface area contributed by atoms with Crippen LogP contribution >= 0.6 is 0 Å². The molecule has 0 aliphatic heterocycles. The lowest BCUT2D eigenvalue weighted by Gasteiger charge is -2.36. The fraction of sp³-hybridized carbons (Fsp3) is 0.621. The number of nitrogens with zero attached hydrogens (tertiary/aromatic N) is 2. The maximum Gasteiger partial charge on any atom is 0.471 e. The van der Waals surface area contributed by atoms with Gasteiger partial charge in [-0.1, -0.05) is 45.2 Å². The summed E-state index contributed by atoms with van der Waals surface area (Å²) in [7, 11) is 0. The van der Waals surface area contributed by atoms with E-state index in [9.17, 15) is 42.6 Å². The summed E-state index contributed by atoms with van der Waals surface area (Å²) in [5, 5.41) is 24.4. The highest BCUT2D eigenvalue weighted by atomic mass is 19.4. The third kappa shape index (κ3) is 11.6. The lowest BCUT2D eigenvalue weighted by Crippen LogP contribution is -2.60. The van der Waals surface area contributed by atoms with Crippen molar-refractivity contribution in [1.82, 2.24) is 15.5 Å². The number of carbonyl (C=O) groups excluding carboxylic acids is 3. The summed E-state index contributed by atoms with van der Waals surface area (Å²) < 4.78 is 41.2. The smallest absolute Gasteiger partial charge is 0.471 e. The molecule has 0 spiro atoms. The lowest BCUT2D eigenvalue weighted by atomic mass is 9.83. The van der Waals surface area contributed by atoms with Crippen molar-refractivity contribution in [3.05, 3.63) is 29.8 Å². The molecule has 0 bridgehead atoms. The van der Waals surface area contributed by atoms with Crippen molar-refractivity contribution < 1.29 is 42.6 Å². The molecule has 3 amide bonds. The van der Waals surface area contributed by atoms with Crippen molar-refractivity contribution in [1.29, 1.82) is 0 Å². The van der Waals surface area contributed by atoms with Gasteiger partial charge in [-0.05, 0) is 55.2 Å². The number of hydrogen-bond donors (Lipinski definition) is 6. The van der Waals surface area contributed by atoms with E-state index in [1.807, 2.05) is 0 Å². The van der Waals surface area contributed by atoms with Gasteiger partial charge in [-0.3, -0.25) is 19.4 Å². The molecule has 0 aromatic heterocycles. The lowest BCUT2D eigenvalue weighted by molar-refractivity contribution is -0.189. The Kier molecular flexibility index (Phi) is 13.7. The predicted molar refractivity (Wildman–Crippen MR) is 156 cm³/mol. The Hall–Kier alpha value is -4.04. The molecule has 0 unspecified atom stereocenters. The summed E-state index contributed by atoms with van der Waals surface area (Å²) in [5.74, 6) is -6.41. The number of phenolic OH excluding ortho intramolecular Hbond substituents is 1. The van der Waals surface area contributed by atoms with E-state index in [1.54, 1.807) is 13.8 Å². The van der Waals surface area contributed by atoms with Crippen molar-refractivity contribution in [3.63, 3.8) is 0 Å². The number of carbonyl (C=O) groups is 4. The van der Waals surface area contributed by atoms with E-state index in [0.29, 0.717) is 23.3 Å². The third-order valence-electron chi connectivity index (χ3n) is 7.37. The fourth-order valence-electron chi connectivity index (χ4n) is 5.24. The topological polar surface area (TPSA) is 200 Å². The van der Waals surface area contributed by atoms with Gasteiger partial charge in [0.15, 0.2) is 5.96 Å². The van der Waals surface area contributed by atoms with E-state index in [2.05, 4.69) is 15.6 Å². The van der Waals surface area contributed by atoms with Crippen molar-refractivity contribution >= 4 is 29.7 Å². The Bertz CT molecular complexity index is 1150. The second-order valence-electron chi connectivity index (χ2n) is 11.5. The summed E-state index contributed by atoms with van der Waals surface area (Å²) in [6.07, 6.45) is -1.95. The van der Waals surface area contributed by atoms with Crippen LogP contribution in [0.3, 0.4) is 0 Å². The number of aliphatic carboxylic acids is 1. The van der Waals surface area contributed by atoms with E-state index in [1.165, 1.54) is 24.3 Å². The molecule has 2 rings (SSSR count). The zero-order valence-corrected chi connectivity index (χ0v) is 25.0. The molecule has 1 aliphatic rings. The number of carboxylic acids is 1. The minimum atomic E-state index is -5.27. The first-order valence-corrected chi connectivity index (χ1v) is 14.6. The molecule has 1 aromatic carbocycles. The average Bonchev–Trinajstić information content (AvgIpc) is 2.95. The maximum atomic E-state index is 13.9. The molecule has 246 valence electrons. The molecular weight excluding hydrogens is 585 g/mol. The minimum absolute atomic E-state index is 0.0189. The van der Waals surface area contributed by atoms with Crippen LogP contribution in [0, 0.1) is 11.8 Å². The van der Waals surface area contributed by atoms with Crippen molar-refractivity contribution in [2.45, 2.75) is 89.5 Å². The summed E-state index contributed by atoms with van der Waals surface area (Å²) in [6.45, 7) is 2.93. The van der Waals surface area contributed by atoms with Gasteiger partial charge in [-0.15, -0.1) is 0 Å². The van der Waals surface area contributed by atoms with E-state index in [0.717, 1.165) is 19.3 Å². The Labute approximate surface area is 254 Å². The summed E-state index contributed by atoms with van der Waals surface area (Å²) in [4.78, 5) is 56.2. The standard InChI is InChI=1S/C29H43F3N6O6/c1-17(2)16-38(27(44)29(30,31)32)22(15-18-10-12-20(39)13-11-18)24(40)37-23(19-7-4-3-5-8-19)25(41)36-21(26(42)43)9-6-14-35-28(33)34/h10-13,17,19,21-23,39H,3-9,14-16H2,1-2H3,(H,36,41)(H,37,40)(H,42,43)(H4,33,34,35)/t21-,22-,23-/m0/s1. The SMILES string of the molecule is CC(C)CN(C(=O)C(F)(F)F)[C@@H](Cc1ccc(O)cc1)C(=O)N[C@H](C(=O)N[C@@H](CCCN=C(N)N)C(=O)O)C1CCCCC1. The van der Waals surface area contributed by atoms with Crippen LogP contribution in [0.4, 0.5) is 13.2 Å². The number of phenols is 1. The number of rotatable bonds is 15. The number of carboxylic acid groups (broad SMARTS) is 1. The summed E-state index contributed by atoms with van der Waals surface area (Å²) in [5.41, 5.74) is 11.0. The van der Waals surface area contributed by atoms with Crippen molar-refractivity contribution in [2.75, 3.05) is 13.1 Å². The Balaban J connectivity index is 2.42. The molecule has 1 saturated carbocycles. The number of nitrogens with two attached hydrogens (primary N) is 2. The molecule has 1 aliphatic carbocycles. The number of hydrogen-bond acceptors (Lipinski definition) is 6.